The number of carbonyl (C=O) groups is 2. The zero-order valence-corrected chi connectivity index (χ0v) is 9.75. The van der Waals surface area contributed by atoms with E-state index in [9.17, 15) is 22.8 Å². The minimum atomic E-state index is -1.66. The van der Waals surface area contributed by atoms with Crippen molar-refractivity contribution in [2.24, 2.45) is 0 Å². The molecule has 0 bridgehead atoms. The van der Waals surface area contributed by atoms with Crippen LogP contribution < -0.4 is 0 Å². The summed E-state index contributed by atoms with van der Waals surface area (Å²) in [5, 5.41) is 8.79. The van der Waals surface area contributed by atoms with Crippen LogP contribution in [0.25, 0.3) is 0 Å². The lowest BCUT2D eigenvalue weighted by Crippen LogP contribution is -2.15. The van der Waals surface area contributed by atoms with Gasteiger partial charge in [0.15, 0.2) is 11.6 Å². The number of aliphatic carboxylic acids is 1. The van der Waals surface area contributed by atoms with Crippen LogP contribution in [0.15, 0.2) is 24.0 Å². The van der Waals surface area contributed by atoms with E-state index in [1.807, 2.05) is 0 Å². The normalized spacial score (nSPS) is 11.3. The summed E-state index contributed by atoms with van der Waals surface area (Å²) in [6, 6.07) is 0.471. The van der Waals surface area contributed by atoms with Crippen LogP contribution in [0.1, 0.15) is 17.3 Å². The molecule has 1 N–H and O–H groups in total. The quantitative estimate of drug-likeness (QED) is 0.223. The highest BCUT2D eigenvalue weighted by molar-refractivity contribution is 6.23. The molecule has 0 unspecified atom stereocenters. The van der Waals surface area contributed by atoms with Gasteiger partial charge in [0.1, 0.15) is 17.7 Å². The summed E-state index contributed by atoms with van der Waals surface area (Å²) in [7, 11) is 0. The fraction of sp³-hybridized carbons (Fsp3) is 0.167. The van der Waals surface area contributed by atoms with Crippen LogP contribution in [0.3, 0.4) is 0 Å². The lowest BCUT2D eigenvalue weighted by Gasteiger charge is -2.05. The second kappa shape index (κ2) is 6.03. The molecule has 0 spiro atoms. The van der Waals surface area contributed by atoms with Crippen molar-refractivity contribution in [1.29, 1.82) is 0 Å². The molecule has 0 amide bonds. The van der Waals surface area contributed by atoms with Gasteiger partial charge in [-0.2, -0.15) is 0 Å². The van der Waals surface area contributed by atoms with E-state index in [0.29, 0.717) is 12.3 Å². The number of ether oxygens (including phenoxy) is 1. The fourth-order valence-corrected chi connectivity index (χ4v) is 1.21. The summed E-state index contributed by atoms with van der Waals surface area (Å²) < 4.78 is 43.6. The van der Waals surface area contributed by atoms with Crippen LogP contribution in [-0.4, -0.2) is 23.5 Å². The van der Waals surface area contributed by atoms with Gasteiger partial charge in [-0.15, -0.1) is 0 Å². The molecule has 0 atom stereocenters. The number of halogens is 3. The van der Waals surface area contributed by atoms with Crippen molar-refractivity contribution in [3.8, 4) is 0 Å². The smallest absolute Gasteiger partial charge is 0.342 e. The molecule has 0 radical (unpaired) electrons. The highest BCUT2D eigenvalue weighted by atomic mass is 19.2. The zero-order chi connectivity index (χ0) is 14.6. The van der Waals surface area contributed by atoms with Gasteiger partial charge in [-0.1, -0.05) is 0 Å². The largest absolute Gasteiger partial charge is 0.500 e. The molecular formula is C12H9F3O4. The third kappa shape index (κ3) is 3.34. The predicted molar refractivity (Wildman–Crippen MR) is 58.0 cm³/mol. The molecule has 19 heavy (non-hydrogen) atoms. The van der Waals surface area contributed by atoms with Crippen molar-refractivity contribution in [3.63, 3.8) is 0 Å². The Morgan fingerprint density at radius 3 is 2.32 bits per heavy atom. The molecule has 0 aliphatic rings. The van der Waals surface area contributed by atoms with E-state index >= 15 is 0 Å². The first-order valence-corrected chi connectivity index (χ1v) is 5.12. The summed E-state index contributed by atoms with van der Waals surface area (Å²) in [5.41, 5.74) is -1.76. The number of rotatable bonds is 5. The summed E-state index contributed by atoms with van der Waals surface area (Å²) in [4.78, 5) is 22.5. The van der Waals surface area contributed by atoms with Gasteiger partial charge < -0.3 is 9.84 Å². The first-order valence-electron chi connectivity index (χ1n) is 5.12. The number of benzene rings is 1. The molecular weight excluding hydrogens is 265 g/mol. The van der Waals surface area contributed by atoms with Gasteiger partial charge in [0.2, 0.25) is 5.78 Å². The SMILES string of the molecule is CCO/C=C(/C(=O)O)C(=O)c1cc(F)c(F)cc1F. The Hall–Kier alpha value is -2.31. The fourth-order valence-electron chi connectivity index (χ4n) is 1.21. The molecule has 4 nitrogen and oxygen atoms in total. The predicted octanol–water partition coefficient (Wildman–Crippen LogP) is 2.29. The van der Waals surface area contributed by atoms with Gasteiger partial charge in [0.25, 0.3) is 0 Å². The van der Waals surface area contributed by atoms with Crippen molar-refractivity contribution < 1.29 is 32.6 Å². The van der Waals surface area contributed by atoms with Gasteiger partial charge in [-0.25, -0.2) is 18.0 Å². The number of ketones is 1. The maximum atomic E-state index is 13.3. The maximum absolute atomic E-state index is 13.3. The van der Waals surface area contributed by atoms with E-state index in [2.05, 4.69) is 4.74 Å². The Labute approximate surface area is 106 Å². The van der Waals surface area contributed by atoms with E-state index in [1.165, 1.54) is 0 Å². The van der Waals surface area contributed by atoms with Crippen LogP contribution >= 0.6 is 0 Å². The maximum Gasteiger partial charge on any atom is 0.342 e. The summed E-state index contributed by atoms with van der Waals surface area (Å²) >= 11 is 0. The number of carboxylic acid groups (broad SMARTS) is 1. The average molecular weight is 274 g/mol. The Bertz CT molecular complexity index is 552. The average Bonchev–Trinajstić information content (AvgIpc) is 2.33. The van der Waals surface area contributed by atoms with E-state index in [4.69, 9.17) is 5.11 Å². The third-order valence-electron chi connectivity index (χ3n) is 2.10. The summed E-state index contributed by atoms with van der Waals surface area (Å²) in [5.74, 6) is -7.25. The molecule has 7 heteroatoms. The summed E-state index contributed by atoms with van der Waals surface area (Å²) in [6.45, 7) is 1.63. The molecule has 102 valence electrons. The second-order valence-electron chi connectivity index (χ2n) is 3.37. The van der Waals surface area contributed by atoms with Gasteiger partial charge >= 0.3 is 5.97 Å². The van der Waals surface area contributed by atoms with Crippen molar-refractivity contribution in [2.75, 3.05) is 6.61 Å². The van der Waals surface area contributed by atoms with Crippen molar-refractivity contribution in [2.45, 2.75) is 6.92 Å². The number of carboxylic acids is 1. The molecule has 1 aromatic rings. The number of carbonyl (C=O) groups excluding carboxylic acids is 1. The molecule has 1 aromatic carbocycles. The minimum Gasteiger partial charge on any atom is -0.500 e. The summed E-state index contributed by atoms with van der Waals surface area (Å²) in [6.07, 6.45) is 0.630. The number of hydrogen-bond donors (Lipinski definition) is 1. The Morgan fingerprint density at radius 1 is 1.21 bits per heavy atom. The lowest BCUT2D eigenvalue weighted by molar-refractivity contribution is -0.132. The number of Topliss-reactive ketones (excluding diaryl/α,β-unsaturated/α-hetero) is 1. The first kappa shape index (κ1) is 14.7. The van der Waals surface area contributed by atoms with E-state index < -0.39 is 40.3 Å². The van der Waals surface area contributed by atoms with Crippen LogP contribution in [0, 0.1) is 17.5 Å². The highest BCUT2D eigenvalue weighted by Crippen LogP contribution is 2.17. The molecule has 0 aliphatic carbocycles. The van der Waals surface area contributed by atoms with Crippen LogP contribution in [-0.2, 0) is 9.53 Å². The van der Waals surface area contributed by atoms with E-state index in [-0.39, 0.29) is 12.7 Å². The first-order chi connectivity index (χ1) is 8.88. The molecule has 0 fully saturated rings. The molecule has 1 rings (SSSR count). The van der Waals surface area contributed by atoms with E-state index in [0.717, 1.165) is 0 Å². The standard InChI is InChI=1S/C12H9F3O4/c1-2-19-5-7(12(17)18)11(16)6-3-9(14)10(15)4-8(6)13/h3-5H,2H2,1H3,(H,17,18)/b7-5+. The van der Waals surface area contributed by atoms with Gasteiger partial charge in [0, 0.05) is 6.07 Å². The number of hydrogen-bond acceptors (Lipinski definition) is 3. The Kier molecular flexibility index (Phi) is 4.68. The molecule has 0 saturated heterocycles. The van der Waals surface area contributed by atoms with Gasteiger partial charge in [-0.3, -0.25) is 4.79 Å². The van der Waals surface area contributed by atoms with Gasteiger partial charge in [-0.05, 0) is 13.0 Å². The van der Waals surface area contributed by atoms with Crippen molar-refractivity contribution >= 4 is 11.8 Å². The molecule has 0 aliphatic heterocycles. The Balaban J connectivity index is 3.24. The van der Waals surface area contributed by atoms with Crippen LogP contribution in [0.2, 0.25) is 0 Å². The van der Waals surface area contributed by atoms with Crippen LogP contribution in [0.5, 0.6) is 0 Å². The highest BCUT2D eigenvalue weighted by Gasteiger charge is 2.24. The zero-order valence-electron chi connectivity index (χ0n) is 9.75. The third-order valence-corrected chi connectivity index (χ3v) is 2.10. The van der Waals surface area contributed by atoms with Crippen LogP contribution in [0.4, 0.5) is 13.2 Å². The molecule has 0 saturated carbocycles. The van der Waals surface area contributed by atoms with Gasteiger partial charge in [0.05, 0.1) is 12.2 Å². The van der Waals surface area contributed by atoms with E-state index in [1.54, 1.807) is 6.92 Å². The molecule has 0 aromatic heterocycles. The lowest BCUT2D eigenvalue weighted by atomic mass is 10.0. The topological polar surface area (TPSA) is 63.6 Å². The minimum absolute atomic E-state index is 0.0876. The van der Waals surface area contributed by atoms with Crippen molar-refractivity contribution in [1.82, 2.24) is 0 Å². The monoisotopic (exact) mass is 274 g/mol. The molecule has 0 heterocycles. The Morgan fingerprint density at radius 2 is 1.79 bits per heavy atom. The second-order valence-corrected chi connectivity index (χ2v) is 3.37. The van der Waals surface area contributed by atoms with Crippen molar-refractivity contribution in [3.05, 3.63) is 47.0 Å².